The van der Waals surface area contributed by atoms with Gasteiger partial charge in [0.25, 0.3) is 0 Å². The second-order valence-electron chi connectivity index (χ2n) is 7.96. The molecule has 0 aliphatic carbocycles. The van der Waals surface area contributed by atoms with Crippen molar-refractivity contribution in [1.82, 2.24) is 15.2 Å². The number of nitrogens with one attached hydrogen (secondary N) is 3. The number of para-hydroxylation sites is 2. The third kappa shape index (κ3) is 7.43. The highest BCUT2D eigenvalue weighted by molar-refractivity contribution is 5.89. The zero-order chi connectivity index (χ0) is 24.3. The first-order valence-corrected chi connectivity index (χ1v) is 11.3. The number of anilines is 2. The molecule has 0 saturated heterocycles. The van der Waals surface area contributed by atoms with Crippen LogP contribution in [0.2, 0.25) is 0 Å². The first kappa shape index (κ1) is 23.5. The van der Waals surface area contributed by atoms with Crippen LogP contribution in [0.25, 0.3) is 0 Å². The molecule has 0 aliphatic heterocycles. The van der Waals surface area contributed by atoms with Crippen LogP contribution >= 0.6 is 0 Å². The number of carbonyl (C=O) groups is 2. The molecule has 176 valence electrons. The van der Waals surface area contributed by atoms with Crippen LogP contribution in [0.15, 0.2) is 109 Å². The number of rotatable bonds is 8. The highest BCUT2D eigenvalue weighted by Gasteiger charge is 2.16. The Hall–Kier alpha value is -4.65. The molecule has 7 nitrogen and oxygen atoms in total. The molecular weight excluding hydrogens is 438 g/mol. The van der Waals surface area contributed by atoms with E-state index in [-0.39, 0.29) is 12.1 Å². The van der Waals surface area contributed by atoms with Crippen LogP contribution in [-0.4, -0.2) is 21.9 Å². The van der Waals surface area contributed by atoms with Gasteiger partial charge in [-0.1, -0.05) is 66.7 Å². The Labute approximate surface area is 204 Å². The number of carbonyl (C=O) groups excluding carboxylic acids is 2. The molecule has 3 N–H and O–H groups in total. The monoisotopic (exact) mass is 465 g/mol. The van der Waals surface area contributed by atoms with Gasteiger partial charge in [-0.2, -0.15) is 0 Å². The molecule has 0 atom stereocenters. The molecular formula is C28H27N5O2. The van der Waals surface area contributed by atoms with Crippen molar-refractivity contribution in [3.63, 3.8) is 0 Å². The van der Waals surface area contributed by atoms with E-state index < -0.39 is 0 Å². The first-order valence-electron chi connectivity index (χ1n) is 11.3. The van der Waals surface area contributed by atoms with Gasteiger partial charge in [0.2, 0.25) is 0 Å². The summed E-state index contributed by atoms with van der Waals surface area (Å²) in [7, 11) is 0. The SMILES string of the molecule is O=C(NCc1ccc(CN(Cc2ccccn2)C(=O)Nc2ccccc2)cc1)Nc1ccccc1. The molecule has 0 aliphatic rings. The Balaban J connectivity index is 1.37. The van der Waals surface area contributed by atoms with Crippen molar-refractivity contribution in [2.75, 3.05) is 10.6 Å². The summed E-state index contributed by atoms with van der Waals surface area (Å²) in [5, 5.41) is 8.60. The van der Waals surface area contributed by atoms with Crippen LogP contribution in [0.5, 0.6) is 0 Å². The van der Waals surface area contributed by atoms with Gasteiger partial charge in [-0.05, 0) is 47.5 Å². The van der Waals surface area contributed by atoms with E-state index in [2.05, 4.69) is 20.9 Å². The van der Waals surface area contributed by atoms with Crippen LogP contribution in [0.4, 0.5) is 21.0 Å². The van der Waals surface area contributed by atoms with Gasteiger partial charge < -0.3 is 20.9 Å². The van der Waals surface area contributed by atoms with E-state index in [1.807, 2.05) is 103 Å². The minimum absolute atomic E-state index is 0.204. The zero-order valence-electron chi connectivity index (χ0n) is 19.2. The number of hydrogen-bond acceptors (Lipinski definition) is 3. The summed E-state index contributed by atoms with van der Waals surface area (Å²) in [5.41, 5.74) is 4.21. The van der Waals surface area contributed by atoms with Gasteiger partial charge in [-0.3, -0.25) is 4.98 Å². The van der Waals surface area contributed by atoms with Gasteiger partial charge >= 0.3 is 12.1 Å². The number of benzene rings is 3. The number of amides is 4. The Morgan fingerprint density at radius 1 is 0.657 bits per heavy atom. The Morgan fingerprint density at radius 2 is 1.26 bits per heavy atom. The van der Waals surface area contributed by atoms with Crippen LogP contribution in [-0.2, 0) is 19.6 Å². The maximum absolute atomic E-state index is 13.0. The molecule has 4 rings (SSSR count). The number of pyridine rings is 1. The zero-order valence-corrected chi connectivity index (χ0v) is 19.2. The fourth-order valence-electron chi connectivity index (χ4n) is 3.47. The molecule has 0 spiro atoms. The molecule has 7 heteroatoms. The second kappa shape index (κ2) is 12.0. The predicted octanol–water partition coefficient (Wildman–Crippen LogP) is 5.64. The molecule has 3 aromatic carbocycles. The van der Waals surface area contributed by atoms with Gasteiger partial charge in [-0.25, -0.2) is 9.59 Å². The minimum Gasteiger partial charge on any atom is -0.334 e. The summed E-state index contributed by atoms with van der Waals surface area (Å²) < 4.78 is 0. The van der Waals surface area contributed by atoms with E-state index in [0.29, 0.717) is 19.6 Å². The molecule has 0 saturated carbocycles. The Bertz CT molecular complexity index is 1220. The van der Waals surface area contributed by atoms with E-state index in [9.17, 15) is 9.59 Å². The third-order valence-electron chi connectivity index (χ3n) is 5.27. The number of hydrogen-bond donors (Lipinski definition) is 3. The lowest BCUT2D eigenvalue weighted by atomic mass is 10.1. The van der Waals surface area contributed by atoms with Crippen molar-refractivity contribution < 1.29 is 9.59 Å². The van der Waals surface area contributed by atoms with Crippen LogP contribution in [0.1, 0.15) is 16.8 Å². The van der Waals surface area contributed by atoms with E-state index in [1.165, 1.54) is 0 Å². The lowest BCUT2D eigenvalue weighted by Crippen LogP contribution is -2.34. The fraction of sp³-hybridized carbons (Fsp3) is 0.107. The van der Waals surface area contributed by atoms with Crippen LogP contribution in [0, 0.1) is 0 Å². The Morgan fingerprint density at radius 3 is 1.89 bits per heavy atom. The second-order valence-corrected chi connectivity index (χ2v) is 7.96. The summed E-state index contributed by atoms with van der Waals surface area (Å²) >= 11 is 0. The van der Waals surface area contributed by atoms with Crippen molar-refractivity contribution in [3.05, 3.63) is 126 Å². The van der Waals surface area contributed by atoms with E-state index >= 15 is 0 Å². The van der Waals surface area contributed by atoms with E-state index in [1.54, 1.807) is 11.1 Å². The number of aromatic nitrogens is 1. The van der Waals surface area contributed by atoms with Crippen molar-refractivity contribution in [2.24, 2.45) is 0 Å². The molecule has 1 aromatic heterocycles. The lowest BCUT2D eigenvalue weighted by Gasteiger charge is -2.23. The standard InChI is InChI=1S/C28H27N5O2/c34-27(31-24-9-3-1-4-10-24)30-19-22-14-16-23(17-15-22)20-33(21-26-13-7-8-18-29-26)28(35)32-25-11-5-2-6-12-25/h1-18H,19-21H2,(H,32,35)(H2,30,31,34). The maximum atomic E-state index is 13.0. The third-order valence-corrected chi connectivity index (χ3v) is 5.27. The Kier molecular flexibility index (Phi) is 8.05. The summed E-state index contributed by atoms with van der Waals surface area (Å²) in [6.45, 7) is 1.19. The topological polar surface area (TPSA) is 86.4 Å². The average Bonchev–Trinajstić information content (AvgIpc) is 2.90. The van der Waals surface area contributed by atoms with Crippen molar-refractivity contribution >= 4 is 23.4 Å². The molecule has 4 amide bonds. The molecule has 4 aromatic rings. The largest absolute Gasteiger partial charge is 0.334 e. The van der Waals surface area contributed by atoms with Crippen molar-refractivity contribution in [3.8, 4) is 0 Å². The molecule has 0 fully saturated rings. The highest BCUT2D eigenvalue weighted by atomic mass is 16.2. The minimum atomic E-state index is -0.264. The van der Waals surface area contributed by atoms with Crippen LogP contribution in [0.3, 0.4) is 0 Å². The van der Waals surface area contributed by atoms with E-state index in [0.717, 1.165) is 28.2 Å². The quantitative estimate of drug-likeness (QED) is 0.315. The molecule has 35 heavy (non-hydrogen) atoms. The smallest absolute Gasteiger partial charge is 0.322 e. The van der Waals surface area contributed by atoms with Crippen molar-refractivity contribution in [1.29, 1.82) is 0 Å². The number of urea groups is 2. The normalized spacial score (nSPS) is 10.3. The highest BCUT2D eigenvalue weighted by Crippen LogP contribution is 2.14. The molecule has 1 heterocycles. The predicted molar refractivity (Wildman–Crippen MR) is 138 cm³/mol. The molecule has 0 bridgehead atoms. The summed E-state index contributed by atoms with van der Waals surface area (Å²) in [4.78, 5) is 31.3. The first-order chi connectivity index (χ1) is 17.2. The van der Waals surface area contributed by atoms with Gasteiger partial charge in [0.1, 0.15) is 0 Å². The molecule has 0 radical (unpaired) electrons. The van der Waals surface area contributed by atoms with Crippen molar-refractivity contribution in [2.45, 2.75) is 19.6 Å². The molecule has 0 unspecified atom stereocenters. The van der Waals surface area contributed by atoms with Gasteiger partial charge in [0.15, 0.2) is 0 Å². The number of nitrogens with zero attached hydrogens (tertiary/aromatic N) is 2. The van der Waals surface area contributed by atoms with Crippen LogP contribution < -0.4 is 16.0 Å². The van der Waals surface area contributed by atoms with Gasteiger partial charge in [0.05, 0.1) is 12.2 Å². The van der Waals surface area contributed by atoms with Gasteiger partial charge in [-0.15, -0.1) is 0 Å². The average molecular weight is 466 g/mol. The fourth-order valence-corrected chi connectivity index (χ4v) is 3.47. The summed E-state index contributed by atoms with van der Waals surface area (Å²) in [5.74, 6) is 0. The lowest BCUT2D eigenvalue weighted by molar-refractivity contribution is 0.205. The maximum Gasteiger partial charge on any atom is 0.322 e. The summed E-state index contributed by atoms with van der Waals surface area (Å²) in [6, 6.07) is 31.7. The van der Waals surface area contributed by atoms with E-state index in [4.69, 9.17) is 0 Å². The van der Waals surface area contributed by atoms with Gasteiger partial charge in [0, 0.05) is 30.7 Å². The summed E-state index contributed by atoms with van der Waals surface area (Å²) in [6.07, 6.45) is 1.72.